The molecule has 5 heteroatoms. The smallest absolute Gasteiger partial charge is 0.254 e. The van der Waals surface area contributed by atoms with Gasteiger partial charge in [0.2, 0.25) is 0 Å². The van der Waals surface area contributed by atoms with Crippen molar-refractivity contribution in [2.45, 2.75) is 38.5 Å². The summed E-state index contributed by atoms with van der Waals surface area (Å²) in [5.41, 5.74) is 2.44. The van der Waals surface area contributed by atoms with Gasteiger partial charge in [-0.25, -0.2) is 8.42 Å². The van der Waals surface area contributed by atoms with Crippen molar-refractivity contribution in [3.8, 4) is 11.1 Å². The SMILES string of the molecule is CC1CCN(C(=O)c2ccccc2-c2ccc(S(C)(=O)=O)cc2)CC(C)(C)C1. The van der Waals surface area contributed by atoms with Crippen LogP contribution in [0.5, 0.6) is 0 Å². The number of carbonyl (C=O) groups is 1. The molecular formula is C23H29NO3S. The Morgan fingerprint density at radius 3 is 2.36 bits per heavy atom. The van der Waals surface area contributed by atoms with Gasteiger partial charge in [0, 0.05) is 24.9 Å². The lowest BCUT2D eigenvalue weighted by Gasteiger charge is -2.30. The van der Waals surface area contributed by atoms with Crippen LogP contribution in [-0.4, -0.2) is 38.6 Å². The molecule has 1 unspecified atom stereocenters. The van der Waals surface area contributed by atoms with Crippen molar-refractivity contribution in [2.75, 3.05) is 19.3 Å². The number of hydrogen-bond donors (Lipinski definition) is 0. The van der Waals surface area contributed by atoms with Crippen molar-refractivity contribution >= 4 is 15.7 Å². The lowest BCUT2D eigenvalue weighted by atomic mass is 9.83. The van der Waals surface area contributed by atoms with E-state index < -0.39 is 9.84 Å². The van der Waals surface area contributed by atoms with Gasteiger partial charge in [-0.3, -0.25) is 4.79 Å². The zero-order valence-corrected chi connectivity index (χ0v) is 17.9. The number of likely N-dealkylation sites (tertiary alicyclic amines) is 1. The highest BCUT2D eigenvalue weighted by Gasteiger charge is 2.31. The molecule has 3 rings (SSSR count). The molecule has 0 N–H and O–H groups in total. The van der Waals surface area contributed by atoms with Gasteiger partial charge in [-0.15, -0.1) is 0 Å². The molecule has 4 nitrogen and oxygen atoms in total. The number of benzene rings is 2. The summed E-state index contributed by atoms with van der Waals surface area (Å²) in [5, 5.41) is 0. The Morgan fingerprint density at radius 1 is 1.07 bits per heavy atom. The number of nitrogens with zero attached hydrogens (tertiary/aromatic N) is 1. The van der Waals surface area contributed by atoms with Crippen LogP contribution < -0.4 is 0 Å². The highest BCUT2D eigenvalue weighted by atomic mass is 32.2. The summed E-state index contributed by atoms with van der Waals surface area (Å²) in [4.78, 5) is 15.7. The Labute approximate surface area is 168 Å². The first-order valence-corrected chi connectivity index (χ1v) is 11.6. The molecule has 1 fully saturated rings. The third-order valence-corrected chi connectivity index (χ3v) is 6.58. The van der Waals surface area contributed by atoms with Gasteiger partial charge in [-0.05, 0) is 53.5 Å². The predicted molar refractivity (Wildman–Crippen MR) is 113 cm³/mol. The number of carbonyl (C=O) groups excluding carboxylic acids is 1. The maximum atomic E-state index is 13.4. The maximum Gasteiger partial charge on any atom is 0.254 e. The van der Waals surface area contributed by atoms with Crippen LogP contribution in [0, 0.1) is 11.3 Å². The summed E-state index contributed by atoms with van der Waals surface area (Å²) in [5.74, 6) is 0.650. The average Bonchev–Trinajstić information content (AvgIpc) is 2.77. The third-order valence-electron chi connectivity index (χ3n) is 5.45. The first kappa shape index (κ1) is 20.6. The summed E-state index contributed by atoms with van der Waals surface area (Å²) < 4.78 is 23.4. The van der Waals surface area contributed by atoms with Crippen LogP contribution in [0.4, 0.5) is 0 Å². The number of rotatable bonds is 3. The van der Waals surface area contributed by atoms with Crippen LogP contribution in [0.15, 0.2) is 53.4 Å². The Kier molecular flexibility index (Phi) is 5.67. The van der Waals surface area contributed by atoms with E-state index in [2.05, 4.69) is 20.8 Å². The molecule has 0 radical (unpaired) electrons. The molecule has 2 aromatic carbocycles. The fraction of sp³-hybridized carbons (Fsp3) is 0.435. The number of hydrogen-bond acceptors (Lipinski definition) is 3. The molecular weight excluding hydrogens is 370 g/mol. The third kappa shape index (κ3) is 4.64. The highest BCUT2D eigenvalue weighted by molar-refractivity contribution is 7.90. The van der Waals surface area contributed by atoms with Crippen LogP contribution in [0.25, 0.3) is 11.1 Å². The monoisotopic (exact) mass is 399 g/mol. The van der Waals surface area contributed by atoms with Gasteiger partial charge < -0.3 is 4.90 Å². The van der Waals surface area contributed by atoms with Gasteiger partial charge in [0.25, 0.3) is 5.91 Å². The van der Waals surface area contributed by atoms with Gasteiger partial charge in [-0.2, -0.15) is 0 Å². The van der Waals surface area contributed by atoms with Gasteiger partial charge in [0.05, 0.1) is 4.90 Å². The van der Waals surface area contributed by atoms with Crippen molar-refractivity contribution in [3.63, 3.8) is 0 Å². The largest absolute Gasteiger partial charge is 0.338 e. The maximum absolute atomic E-state index is 13.4. The lowest BCUT2D eigenvalue weighted by Crippen LogP contribution is -2.37. The van der Waals surface area contributed by atoms with E-state index in [0.29, 0.717) is 11.5 Å². The minimum Gasteiger partial charge on any atom is -0.338 e. The van der Waals surface area contributed by atoms with E-state index in [4.69, 9.17) is 0 Å². The zero-order valence-electron chi connectivity index (χ0n) is 17.1. The molecule has 0 aliphatic carbocycles. The van der Waals surface area contributed by atoms with E-state index in [1.54, 1.807) is 24.3 Å². The molecule has 1 aliphatic heterocycles. The minimum absolute atomic E-state index is 0.0463. The Morgan fingerprint density at radius 2 is 1.71 bits per heavy atom. The summed E-state index contributed by atoms with van der Waals surface area (Å²) >= 11 is 0. The van der Waals surface area contributed by atoms with E-state index in [1.165, 1.54) is 6.26 Å². The Bertz CT molecular complexity index is 962. The van der Waals surface area contributed by atoms with E-state index >= 15 is 0 Å². The van der Waals surface area contributed by atoms with Crippen molar-refractivity contribution < 1.29 is 13.2 Å². The predicted octanol–water partition coefficient (Wildman–Crippen LogP) is 4.66. The van der Waals surface area contributed by atoms with E-state index in [-0.39, 0.29) is 16.2 Å². The summed E-state index contributed by atoms with van der Waals surface area (Å²) in [6.07, 6.45) is 3.33. The highest BCUT2D eigenvalue weighted by Crippen LogP contribution is 2.33. The molecule has 0 saturated carbocycles. The lowest BCUT2D eigenvalue weighted by molar-refractivity contribution is 0.0707. The fourth-order valence-electron chi connectivity index (χ4n) is 4.23. The zero-order chi connectivity index (χ0) is 20.5. The van der Waals surface area contributed by atoms with Crippen LogP contribution in [-0.2, 0) is 9.84 Å². The molecule has 1 heterocycles. The van der Waals surface area contributed by atoms with Crippen molar-refractivity contribution in [1.82, 2.24) is 4.90 Å². The Balaban J connectivity index is 1.95. The second-order valence-electron chi connectivity index (χ2n) is 8.83. The average molecular weight is 400 g/mol. The van der Waals surface area contributed by atoms with Crippen LogP contribution in [0.2, 0.25) is 0 Å². The van der Waals surface area contributed by atoms with Crippen LogP contribution >= 0.6 is 0 Å². The van der Waals surface area contributed by atoms with E-state index in [0.717, 1.165) is 37.1 Å². The summed E-state index contributed by atoms with van der Waals surface area (Å²) in [6.45, 7) is 8.23. The normalized spacial score (nSPS) is 19.9. The second kappa shape index (κ2) is 7.70. The van der Waals surface area contributed by atoms with Crippen molar-refractivity contribution in [3.05, 3.63) is 54.1 Å². The first-order chi connectivity index (χ1) is 13.1. The van der Waals surface area contributed by atoms with E-state index in [9.17, 15) is 13.2 Å². The molecule has 1 amide bonds. The van der Waals surface area contributed by atoms with E-state index in [1.807, 2.05) is 29.2 Å². The summed E-state index contributed by atoms with van der Waals surface area (Å²) in [7, 11) is -3.24. The molecule has 0 aromatic heterocycles. The molecule has 150 valence electrons. The molecule has 0 spiro atoms. The second-order valence-corrected chi connectivity index (χ2v) is 10.8. The molecule has 1 atom stereocenters. The molecule has 1 aliphatic rings. The van der Waals surface area contributed by atoms with Gasteiger partial charge in [0.15, 0.2) is 9.84 Å². The molecule has 28 heavy (non-hydrogen) atoms. The molecule has 2 aromatic rings. The minimum atomic E-state index is -3.24. The fourth-order valence-corrected chi connectivity index (χ4v) is 4.86. The Hall–Kier alpha value is -2.14. The standard InChI is InChI=1S/C23H29NO3S/c1-17-13-14-24(16-23(2,3)15-17)22(25)21-8-6-5-7-20(21)18-9-11-19(12-10-18)28(4,26)27/h5-12,17H,13-16H2,1-4H3. The number of amides is 1. The van der Waals surface area contributed by atoms with Crippen LogP contribution in [0.1, 0.15) is 44.0 Å². The number of sulfone groups is 1. The first-order valence-electron chi connectivity index (χ1n) is 9.76. The van der Waals surface area contributed by atoms with Crippen molar-refractivity contribution in [2.24, 2.45) is 11.3 Å². The van der Waals surface area contributed by atoms with Crippen molar-refractivity contribution in [1.29, 1.82) is 0 Å². The summed E-state index contributed by atoms with van der Waals surface area (Å²) in [6, 6.07) is 14.3. The van der Waals surface area contributed by atoms with Gasteiger partial charge >= 0.3 is 0 Å². The van der Waals surface area contributed by atoms with Crippen LogP contribution in [0.3, 0.4) is 0 Å². The molecule has 0 bridgehead atoms. The van der Waals surface area contributed by atoms with Gasteiger partial charge in [-0.1, -0.05) is 51.1 Å². The quantitative estimate of drug-likeness (QED) is 0.754. The topological polar surface area (TPSA) is 54.5 Å². The van der Waals surface area contributed by atoms with Gasteiger partial charge in [0.1, 0.15) is 0 Å². The molecule has 1 saturated heterocycles.